The van der Waals surface area contributed by atoms with Crippen LogP contribution in [0, 0.1) is 5.92 Å². The average Bonchev–Trinajstić information content (AvgIpc) is 2.92. The Morgan fingerprint density at radius 3 is 2.89 bits per heavy atom. The van der Waals surface area contributed by atoms with Gasteiger partial charge in [0.15, 0.2) is 5.13 Å². The molecule has 8 heteroatoms. The molecule has 1 N–H and O–H groups in total. The third-order valence-corrected chi connectivity index (χ3v) is 6.06. The summed E-state index contributed by atoms with van der Waals surface area (Å²) < 4.78 is 11.7. The van der Waals surface area contributed by atoms with Crippen LogP contribution in [-0.2, 0) is 9.53 Å². The fraction of sp³-hybridized carbons (Fsp3) is 0.632. The molecule has 7 nitrogen and oxygen atoms in total. The minimum atomic E-state index is -0.0200. The molecule has 2 aliphatic rings. The van der Waals surface area contributed by atoms with Gasteiger partial charge < -0.3 is 19.7 Å². The molecule has 0 unspecified atom stereocenters. The smallest absolute Gasteiger partial charge is 0.217 e. The van der Waals surface area contributed by atoms with E-state index >= 15 is 0 Å². The first-order valence-electron chi connectivity index (χ1n) is 9.61. The van der Waals surface area contributed by atoms with Crippen LogP contribution in [0.1, 0.15) is 33.1 Å². The quantitative estimate of drug-likeness (QED) is 0.747. The SMILES string of the molecule is CC(=O)N[C@@H](C)CO[C@H]1C[C@H](COc2ccc3nc(N4CCC4)sc3n2)C1. The molecule has 0 radical (unpaired) electrons. The summed E-state index contributed by atoms with van der Waals surface area (Å²) in [4.78, 5) is 23.5. The highest BCUT2D eigenvalue weighted by Crippen LogP contribution is 2.33. The van der Waals surface area contributed by atoms with Crippen LogP contribution in [0.15, 0.2) is 12.1 Å². The molecule has 1 aliphatic carbocycles. The molecule has 2 aromatic heterocycles. The van der Waals surface area contributed by atoms with Crippen molar-refractivity contribution in [2.45, 2.75) is 45.3 Å². The number of rotatable bonds is 8. The van der Waals surface area contributed by atoms with Crippen molar-refractivity contribution in [2.24, 2.45) is 5.92 Å². The number of aromatic nitrogens is 2. The maximum absolute atomic E-state index is 11.0. The fourth-order valence-corrected chi connectivity index (χ4v) is 4.31. The first-order valence-corrected chi connectivity index (χ1v) is 10.4. The summed E-state index contributed by atoms with van der Waals surface area (Å²) in [5, 5.41) is 3.89. The number of fused-ring (bicyclic) bond motifs is 1. The van der Waals surface area contributed by atoms with Crippen LogP contribution in [0.25, 0.3) is 10.3 Å². The van der Waals surface area contributed by atoms with Gasteiger partial charge in [-0.1, -0.05) is 11.3 Å². The molecule has 27 heavy (non-hydrogen) atoms. The zero-order chi connectivity index (χ0) is 18.8. The predicted octanol–water partition coefficient (Wildman–Crippen LogP) is 2.60. The standard InChI is InChI=1S/C19H26N4O3S/c1-12(20-13(2)24)10-25-15-8-14(9-15)11-26-17-5-4-16-18(22-17)27-19(21-16)23-6-3-7-23/h4-5,12,14-15H,3,6-11H2,1-2H3,(H,20,24)/t12-,14-,15-/m0/s1. The topological polar surface area (TPSA) is 76.6 Å². The molecule has 0 aromatic carbocycles. The first kappa shape index (κ1) is 18.4. The third kappa shape index (κ3) is 4.50. The van der Waals surface area contributed by atoms with Crippen molar-refractivity contribution in [3.8, 4) is 5.88 Å². The lowest BCUT2D eigenvalue weighted by Crippen LogP contribution is -2.40. The first-order chi connectivity index (χ1) is 13.1. The Morgan fingerprint density at radius 2 is 2.19 bits per heavy atom. The van der Waals surface area contributed by atoms with E-state index < -0.39 is 0 Å². The molecular formula is C19H26N4O3S. The van der Waals surface area contributed by atoms with Crippen molar-refractivity contribution in [3.05, 3.63) is 12.1 Å². The van der Waals surface area contributed by atoms with E-state index in [1.807, 2.05) is 19.1 Å². The number of nitrogens with one attached hydrogen (secondary N) is 1. The number of nitrogens with zero attached hydrogens (tertiary/aromatic N) is 3. The highest BCUT2D eigenvalue weighted by atomic mass is 32.1. The summed E-state index contributed by atoms with van der Waals surface area (Å²) in [7, 11) is 0. The predicted molar refractivity (Wildman–Crippen MR) is 105 cm³/mol. The van der Waals surface area contributed by atoms with Crippen molar-refractivity contribution in [2.75, 3.05) is 31.2 Å². The molecule has 2 fully saturated rings. The molecule has 0 bridgehead atoms. The summed E-state index contributed by atoms with van der Waals surface area (Å²) >= 11 is 1.64. The second-order valence-electron chi connectivity index (χ2n) is 7.52. The van der Waals surface area contributed by atoms with Gasteiger partial charge in [-0.15, -0.1) is 0 Å². The molecule has 1 amide bonds. The van der Waals surface area contributed by atoms with E-state index in [1.165, 1.54) is 13.3 Å². The number of anilines is 1. The number of ether oxygens (including phenoxy) is 2. The van der Waals surface area contributed by atoms with Crippen molar-refractivity contribution >= 4 is 32.7 Å². The van der Waals surface area contributed by atoms with Crippen LogP contribution in [0.3, 0.4) is 0 Å². The van der Waals surface area contributed by atoms with E-state index in [0.717, 1.165) is 41.4 Å². The van der Waals surface area contributed by atoms with Gasteiger partial charge in [0.05, 0.1) is 19.3 Å². The van der Waals surface area contributed by atoms with E-state index in [0.29, 0.717) is 25.0 Å². The van der Waals surface area contributed by atoms with E-state index in [4.69, 9.17) is 9.47 Å². The molecule has 1 saturated carbocycles. The van der Waals surface area contributed by atoms with Crippen LogP contribution in [0.4, 0.5) is 5.13 Å². The molecular weight excluding hydrogens is 364 g/mol. The summed E-state index contributed by atoms with van der Waals surface area (Å²) in [6.07, 6.45) is 3.50. The largest absolute Gasteiger partial charge is 0.477 e. The molecule has 146 valence electrons. The lowest BCUT2D eigenvalue weighted by atomic mass is 9.83. The van der Waals surface area contributed by atoms with Crippen LogP contribution < -0.4 is 15.0 Å². The minimum Gasteiger partial charge on any atom is -0.477 e. The second-order valence-corrected chi connectivity index (χ2v) is 8.47. The van der Waals surface area contributed by atoms with Crippen molar-refractivity contribution in [1.29, 1.82) is 0 Å². The Labute approximate surface area is 163 Å². The van der Waals surface area contributed by atoms with Crippen LogP contribution in [0.5, 0.6) is 5.88 Å². The highest BCUT2D eigenvalue weighted by Gasteiger charge is 2.31. The van der Waals surface area contributed by atoms with Gasteiger partial charge in [-0.05, 0) is 38.2 Å². The van der Waals surface area contributed by atoms with Crippen molar-refractivity contribution < 1.29 is 14.3 Å². The highest BCUT2D eigenvalue weighted by molar-refractivity contribution is 7.21. The average molecular weight is 391 g/mol. The summed E-state index contributed by atoms with van der Waals surface area (Å²) in [5.74, 6) is 1.15. The van der Waals surface area contributed by atoms with Crippen LogP contribution in [-0.4, -0.2) is 54.3 Å². The number of thiazole rings is 1. The molecule has 1 atom stereocenters. The fourth-order valence-electron chi connectivity index (χ4n) is 3.33. The molecule has 3 heterocycles. The molecule has 1 saturated heterocycles. The van der Waals surface area contributed by atoms with Gasteiger partial charge in [0.2, 0.25) is 11.8 Å². The Bertz CT molecular complexity index is 801. The summed E-state index contributed by atoms with van der Waals surface area (Å²) in [5.41, 5.74) is 0.944. The lowest BCUT2D eigenvalue weighted by molar-refractivity contribution is -0.120. The minimum absolute atomic E-state index is 0.0200. The maximum Gasteiger partial charge on any atom is 0.217 e. The number of pyridine rings is 1. The van der Waals surface area contributed by atoms with E-state index in [2.05, 4.69) is 20.2 Å². The lowest BCUT2D eigenvalue weighted by Gasteiger charge is -2.35. The Hall–Kier alpha value is -1.93. The summed E-state index contributed by atoms with van der Waals surface area (Å²) in [6, 6.07) is 3.95. The van der Waals surface area contributed by atoms with E-state index in [-0.39, 0.29) is 18.1 Å². The van der Waals surface area contributed by atoms with Crippen LogP contribution in [0.2, 0.25) is 0 Å². The zero-order valence-corrected chi connectivity index (χ0v) is 16.6. The van der Waals surface area contributed by atoms with Gasteiger partial charge in [-0.2, -0.15) is 0 Å². The number of carbonyl (C=O) groups excluding carboxylic acids is 1. The monoisotopic (exact) mass is 390 g/mol. The number of hydrogen-bond donors (Lipinski definition) is 1. The van der Waals surface area contributed by atoms with Crippen molar-refractivity contribution in [3.63, 3.8) is 0 Å². The van der Waals surface area contributed by atoms with Gasteiger partial charge in [-0.3, -0.25) is 4.79 Å². The Morgan fingerprint density at radius 1 is 1.37 bits per heavy atom. The van der Waals surface area contributed by atoms with E-state index in [1.54, 1.807) is 11.3 Å². The Balaban J connectivity index is 1.20. The van der Waals surface area contributed by atoms with Gasteiger partial charge >= 0.3 is 0 Å². The molecule has 1 aliphatic heterocycles. The zero-order valence-electron chi connectivity index (χ0n) is 15.8. The van der Waals surface area contributed by atoms with Gasteiger partial charge in [0.25, 0.3) is 0 Å². The van der Waals surface area contributed by atoms with Gasteiger partial charge in [0, 0.05) is 32.1 Å². The normalized spacial score (nSPS) is 22.8. The number of carbonyl (C=O) groups is 1. The van der Waals surface area contributed by atoms with Crippen molar-refractivity contribution in [1.82, 2.24) is 15.3 Å². The number of hydrogen-bond acceptors (Lipinski definition) is 7. The molecule has 2 aromatic rings. The van der Waals surface area contributed by atoms with E-state index in [9.17, 15) is 4.79 Å². The molecule has 0 spiro atoms. The van der Waals surface area contributed by atoms with Crippen LogP contribution >= 0.6 is 11.3 Å². The summed E-state index contributed by atoms with van der Waals surface area (Å²) in [6.45, 7) is 6.89. The maximum atomic E-state index is 11.0. The number of amides is 1. The van der Waals surface area contributed by atoms with Gasteiger partial charge in [-0.25, -0.2) is 9.97 Å². The Kier molecular flexibility index (Phi) is 5.45. The second kappa shape index (κ2) is 7.98. The third-order valence-electron chi connectivity index (χ3n) is 5.04. The van der Waals surface area contributed by atoms with Gasteiger partial charge in [0.1, 0.15) is 10.3 Å². The molecule has 4 rings (SSSR count).